The van der Waals surface area contributed by atoms with Crippen molar-refractivity contribution in [2.24, 2.45) is 4.99 Å². The minimum atomic E-state index is 0. The predicted molar refractivity (Wildman–Crippen MR) is 148 cm³/mol. The number of hydrogen-bond donors (Lipinski definition) is 2. The van der Waals surface area contributed by atoms with Crippen molar-refractivity contribution in [3.05, 3.63) is 47.3 Å². The van der Waals surface area contributed by atoms with Crippen molar-refractivity contribution in [3.63, 3.8) is 0 Å². The van der Waals surface area contributed by atoms with Crippen molar-refractivity contribution in [2.75, 3.05) is 51.8 Å². The summed E-state index contributed by atoms with van der Waals surface area (Å²) in [6.07, 6.45) is 3.29. The maximum atomic E-state index is 5.82. The molecule has 0 radical (unpaired) electrons. The number of nitrogens with one attached hydrogen (secondary N) is 2. The van der Waals surface area contributed by atoms with Crippen molar-refractivity contribution in [2.45, 2.75) is 38.8 Å². The Morgan fingerprint density at radius 3 is 2.56 bits per heavy atom. The number of nitrogens with zero attached hydrogens (tertiary/aromatic N) is 3. The second-order valence-electron chi connectivity index (χ2n) is 8.20. The maximum absolute atomic E-state index is 5.82. The number of rotatable bonds is 10. The van der Waals surface area contributed by atoms with Gasteiger partial charge < -0.3 is 25.2 Å². The molecular weight excluding hydrogens is 533 g/mol. The first kappa shape index (κ1) is 26.7. The van der Waals surface area contributed by atoms with Crippen LogP contribution >= 0.6 is 35.3 Å². The maximum Gasteiger partial charge on any atom is 0.191 e. The molecule has 1 aliphatic heterocycles. The van der Waals surface area contributed by atoms with E-state index in [9.17, 15) is 0 Å². The third-order valence-electron chi connectivity index (χ3n) is 5.36. The fourth-order valence-corrected chi connectivity index (χ4v) is 4.42. The van der Waals surface area contributed by atoms with Gasteiger partial charge >= 0.3 is 0 Å². The number of hydrogen-bond acceptors (Lipinski definition) is 5. The van der Waals surface area contributed by atoms with Gasteiger partial charge in [0, 0.05) is 32.2 Å². The van der Waals surface area contributed by atoms with Crippen molar-refractivity contribution >= 4 is 46.3 Å². The number of guanidine groups is 1. The quantitative estimate of drug-likeness (QED) is 0.192. The molecule has 0 aliphatic carbocycles. The molecule has 1 saturated heterocycles. The Balaban J connectivity index is 0.00000363. The summed E-state index contributed by atoms with van der Waals surface area (Å²) in [6.45, 7) is 7.60. The van der Waals surface area contributed by atoms with Gasteiger partial charge in [0.15, 0.2) is 5.96 Å². The van der Waals surface area contributed by atoms with E-state index in [0.717, 1.165) is 63.8 Å². The van der Waals surface area contributed by atoms with Gasteiger partial charge in [0.05, 0.1) is 18.2 Å². The van der Waals surface area contributed by atoms with Gasteiger partial charge in [0.2, 0.25) is 0 Å². The molecule has 178 valence electrons. The van der Waals surface area contributed by atoms with Crippen LogP contribution in [-0.4, -0.2) is 63.8 Å². The van der Waals surface area contributed by atoms with Gasteiger partial charge in [0.1, 0.15) is 5.75 Å². The summed E-state index contributed by atoms with van der Waals surface area (Å²) in [5.74, 6) is 1.83. The number of thiophene rings is 1. The molecular formula is C24H38IN5OS. The number of aliphatic imine (C=N–C) groups is 1. The monoisotopic (exact) mass is 571 g/mol. The van der Waals surface area contributed by atoms with Gasteiger partial charge in [0.25, 0.3) is 0 Å². The number of halogens is 1. The Hall–Kier alpha value is -1.52. The topological polar surface area (TPSA) is 52.1 Å². The largest absolute Gasteiger partial charge is 0.494 e. The predicted octanol–water partition coefficient (Wildman–Crippen LogP) is 4.42. The highest BCUT2D eigenvalue weighted by Crippen LogP contribution is 2.24. The summed E-state index contributed by atoms with van der Waals surface area (Å²) in [4.78, 5) is 9.47. The smallest absolute Gasteiger partial charge is 0.191 e. The molecule has 1 aromatic carbocycles. The Morgan fingerprint density at radius 1 is 1.19 bits per heavy atom. The Labute approximate surface area is 214 Å². The van der Waals surface area contributed by atoms with E-state index >= 15 is 0 Å². The lowest BCUT2D eigenvalue weighted by molar-refractivity contribution is 0.281. The lowest BCUT2D eigenvalue weighted by Gasteiger charge is -2.33. The first-order chi connectivity index (χ1) is 15.1. The fraction of sp³-hybridized carbons (Fsp3) is 0.542. The molecule has 0 atom stereocenters. The number of benzene rings is 1. The van der Waals surface area contributed by atoms with E-state index < -0.39 is 0 Å². The molecule has 0 unspecified atom stereocenters. The average molecular weight is 572 g/mol. The van der Waals surface area contributed by atoms with Gasteiger partial charge in [-0.05, 0) is 75.5 Å². The number of anilines is 1. The fourth-order valence-electron chi connectivity index (χ4n) is 3.64. The number of piperidine rings is 1. The zero-order valence-electron chi connectivity index (χ0n) is 19.5. The molecule has 1 aromatic heterocycles. The van der Waals surface area contributed by atoms with E-state index in [0.29, 0.717) is 12.6 Å². The minimum Gasteiger partial charge on any atom is -0.494 e. The standard InChI is InChI=1S/C24H37N5OS.HI/c1-4-25-24(27-21-12-15-29(16-13-21)23-7-5-18-31-23)26-19-20-8-10-22(11-9-20)30-17-6-14-28(2)3;/h5,7-11,18,21H,4,6,12-17,19H2,1-3H3,(H2,25,26,27);1H. The molecule has 0 spiro atoms. The van der Waals surface area contributed by atoms with Gasteiger partial charge in [-0.3, -0.25) is 0 Å². The first-order valence-corrected chi connectivity index (χ1v) is 12.2. The van der Waals surface area contributed by atoms with Crippen molar-refractivity contribution in [1.29, 1.82) is 0 Å². The summed E-state index contributed by atoms with van der Waals surface area (Å²) >= 11 is 1.82. The summed E-state index contributed by atoms with van der Waals surface area (Å²) < 4.78 is 5.82. The Bertz CT molecular complexity index is 774. The van der Waals surface area contributed by atoms with Crippen LogP contribution in [0.4, 0.5) is 5.00 Å². The van der Waals surface area contributed by atoms with Crippen LogP contribution < -0.4 is 20.3 Å². The molecule has 2 N–H and O–H groups in total. The van der Waals surface area contributed by atoms with Crippen LogP contribution in [0.1, 0.15) is 31.7 Å². The first-order valence-electron chi connectivity index (χ1n) is 11.3. The highest BCUT2D eigenvalue weighted by atomic mass is 127. The lowest BCUT2D eigenvalue weighted by atomic mass is 10.1. The van der Waals surface area contributed by atoms with Crippen LogP contribution in [0, 0.1) is 0 Å². The molecule has 1 fully saturated rings. The van der Waals surface area contributed by atoms with E-state index in [1.54, 1.807) is 0 Å². The SMILES string of the molecule is CCNC(=NCc1ccc(OCCCN(C)C)cc1)NC1CCN(c2cccs2)CC1.I. The van der Waals surface area contributed by atoms with E-state index in [1.807, 2.05) is 23.5 Å². The zero-order valence-corrected chi connectivity index (χ0v) is 22.7. The molecule has 3 rings (SSSR count). The Kier molecular flexibility index (Phi) is 12.2. The molecule has 8 heteroatoms. The van der Waals surface area contributed by atoms with Crippen LogP contribution in [0.3, 0.4) is 0 Å². The third-order valence-corrected chi connectivity index (χ3v) is 6.29. The molecule has 32 heavy (non-hydrogen) atoms. The molecule has 2 aromatic rings. The summed E-state index contributed by atoms with van der Waals surface area (Å²) in [7, 11) is 4.17. The van der Waals surface area contributed by atoms with Crippen LogP contribution in [0.25, 0.3) is 0 Å². The molecule has 6 nitrogen and oxygen atoms in total. The number of ether oxygens (including phenoxy) is 1. The van der Waals surface area contributed by atoms with Crippen molar-refractivity contribution < 1.29 is 4.74 Å². The van der Waals surface area contributed by atoms with Gasteiger partial charge in [-0.25, -0.2) is 4.99 Å². The molecule has 2 heterocycles. The van der Waals surface area contributed by atoms with E-state index in [-0.39, 0.29) is 24.0 Å². The molecule has 0 saturated carbocycles. The van der Waals surface area contributed by atoms with Crippen LogP contribution in [0.2, 0.25) is 0 Å². The Morgan fingerprint density at radius 2 is 1.94 bits per heavy atom. The normalized spacial score (nSPS) is 14.9. The van der Waals surface area contributed by atoms with Gasteiger partial charge in [-0.15, -0.1) is 35.3 Å². The molecule has 1 aliphatic rings. The van der Waals surface area contributed by atoms with Gasteiger partial charge in [-0.2, -0.15) is 0 Å². The van der Waals surface area contributed by atoms with E-state index in [4.69, 9.17) is 9.73 Å². The highest BCUT2D eigenvalue weighted by molar-refractivity contribution is 14.0. The highest BCUT2D eigenvalue weighted by Gasteiger charge is 2.20. The van der Waals surface area contributed by atoms with Crippen LogP contribution in [0.5, 0.6) is 5.75 Å². The van der Waals surface area contributed by atoms with Crippen LogP contribution in [0.15, 0.2) is 46.8 Å². The zero-order chi connectivity index (χ0) is 21.9. The second-order valence-corrected chi connectivity index (χ2v) is 9.13. The van der Waals surface area contributed by atoms with Crippen molar-refractivity contribution in [3.8, 4) is 5.75 Å². The van der Waals surface area contributed by atoms with Gasteiger partial charge in [-0.1, -0.05) is 12.1 Å². The van der Waals surface area contributed by atoms with Crippen molar-refractivity contribution in [1.82, 2.24) is 15.5 Å². The summed E-state index contributed by atoms with van der Waals surface area (Å²) in [5, 5.41) is 10.6. The minimum absolute atomic E-state index is 0. The third kappa shape index (κ3) is 9.15. The summed E-state index contributed by atoms with van der Waals surface area (Å²) in [5.41, 5.74) is 1.19. The van der Waals surface area contributed by atoms with Crippen LogP contribution in [-0.2, 0) is 6.54 Å². The molecule has 0 bridgehead atoms. The summed E-state index contributed by atoms with van der Waals surface area (Å²) in [6, 6.07) is 13.1. The van der Waals surface area contributed by atoms with E-state index in [2.05, 4.69) is 71.1 Å². The molecule has 0 amide bonds. The average Bonchev–Trinajstić information content (AvgIpc) is 3.31. The van der Waals surface area contributed by atoms with E-state index in [1.165, 1.54) is 10.6 Å². The lowest BCUT2D eigenvalue weighted by Crippen LogP contribution is -2.48. The second kappa shape index (κ2) is 14.6.